The number of benzene rings is 2. The van der Waals surface area contributed by atoms with Crippen molar-refractivity contribution in [1.29, 1.82) is 0 Å². The number of nitrogens with zero attached hydrogens (tertiary/aromatic N) is 1. The Hall–Kier alpha value is -3.73. The molecule has 10 nitrogen and oxygen atoms in total. The third-order valence-corrected chi connectivity index (χ3v) is 10.1. The molecule has 6 atom stereocenters. The number of carbonyl (C=O) groups is 5. The molecule has 0 bridgehead atoms. The summed E-state index contributed by atoms with van der Waals surface area (Å²) < 4.78 is 0. The molecule has 2 saturated carbocycles. The molecule has 2 aromatic carbocycles. The smallest absolute Gasteiger partial charge is 0.235 e. The fraction of sp³-hybridized carbons (Fsp3) is 0.514. The molecule has 5 N–H and O–H groups in total. The number of primary amides is 1. The number of fused-ring (bicyclic) bond motifs is 3. The van der Waals surface area contributed by atoms with Crippen LogP contribution in [0.4, 0.5) is 0 Å². The van der Waals surface area contributed by atoms with Crippen LogP contribution in [0.15, 0.2) is 30.3 Å². The second kappa shape index (κ2) is 12.2. The molecule has 0 heterocycles. The largest absolute Gasteiger partial charge is 0.507 e. The zero-order chi connectivity index (χ0) is 33.0. The van der Waals surface area contributed by atoms with Gasteiger partial charge in [-0.1, -0.05) is 39.0 Å². The van der Waals surface area contributed by atoms with Crippen molar-refractivity contribution in [2.45, 2.75) is 52.2 Å². The molecule has 45 heavy (non-hydrogen) atoms. The van der Waals surface area contributed by atoms with E-state index in [2.05, 4.69) is 28.4 Å². The molecule has 0 radical (unpaired) electrons. The van der Waals surface area contributed by atoms with E-state index in [1.54, 1.807) is 19.9 Å². The number of aryl methyl sites for hydroxylation is 1. The monoisotopic (exact) mass is 617 g/mol. The van der Waals surface area contributed by atoms with Gasteiger partial charge in [-0.2, -0.15) is 0 Å². The van der Waals surface area contributed by atoms with Crippen molar-refractivity contribution < 1.29 is 34.2 Å². The number of aromatic hydroxyl groups is 1. The van der Waals surface area contributed by atoms with Crippen LogP contribution in [0.3, 0.4) is 0 Å². The highest BCUT2D eigenvalue weighted by molar-refractivity contribution is 6.32. The maximum atomic E-state index is 14.2. The summed E-state index contributed by atoms with van der Waals surface area (Å²) in [5.74, 6) is -11.6. The Morgan fingerprint density at radius 2 is 1.80 bits per heavy atom. The Balaban J connectivity index is 1.58. The summed E-state index contributed by atoms with van der Waals surface area (Å²) in [7, 11) is 4.03. The number of hydrogen-bond acceptors (Lipinski definition) is 9. The van der Waals surface area contributed by atoms with Gasteiger partial charge in [-0.25, -0.2) is 0 Å². The lowest BCUT2D eigenvalue weighted by molar-refractivity contribution is -0.182. The zero-order valence-electron chi connectivity index (χ0n) is 26.6. The van der Waals surface area contributed by atoms with Crippen LogP contribution in [0, 0.1) is 35.5 Å². The van der Waals surface area contributed by atoms with Gasteiger partial charge in [0.2, 0.25) is 5.91 Å². The van der Waals surface area contributed by atoms with Gasteiger partial charge in [-0.3, -0.25) is 24.0 Å². The number of nitrogens with one attached hydrogen (secondary N) is 1. The molecule has 0 spiro atoms. The van der Waals surface area contributed by atoms with E-state index in [-0.39, 0.29) is 24.2 Å². The van der Waals surface area contributed by atoms with E-state index < -0.39 is 70.1 Å². The summed E-state index contributed by atoms with van der Waals surface area (Å²) >= 11 is 0. The van der Waals surface area contributed by atoms with Gasteiger partial charge in [0.15, 0.2) is 34.7 Å². The first-order chi connectivity index (χ1) is 21.2. The summed E-state index contributed by atoms with van der Waals surface area (Å²) in [5, 5.41) is 26.3. The van der Waals surface area contributed by atoms with Gasteiger partial charge in [-0.05, 0) is 85.1 Å². The van der Waals surface area contributed by atoms with Crippen LogP contribution in [0.2, 0.25) is 0 Å². The number of aliphatic hydroxyl groups is 1. The highest BCUT2D eigenvalue weighted by Gasteiger charge is 2.69. The molecule has 10 heteroatoms. The molecular formula is C35H43N3O7. The molecular weight excluding hydrogens is 574 g/mol. The molecule has 0 saturated heterocycles. The highest BCUT2D eigenvalue weighted by Crippen LogP contribution is 2.53. The lowest BCUT2D eigenvalue weighted by Gasteiger charge is -2.52. The number of likely N-dealkylation sites (N-methyl/N-ethyl adjacent to an activating group) is 1. The predicted octanol–water partition coefficient (Wildman–Crippen LogP) is 2.09. The number of ketones is 4. The van der Waals surface area contributed by atoms with Gasteiger partial charge >= 0.3 is 0 Å². The van der Waals surface area contributed by atoms with E-state index in [9.17, 15) is 34.2 Å². The number of phenolic OH excluding ortho intramolecular Hbond substituents is 1. The van der Waals surface area contributed by atoms with Crippen molar-refractivity contribution in [1.82, 2.24) is 10.2 Å². The van der Waals surface area contributed by atoms with Crippen LogP contribution in [-0.2, 0) is 38.6 Å². The number of phenols is 1. The van der Waals surface area contributed by atoms with Crippen molar-refractivity contribution in [3.63, 3.8) is 0 Å². The molecule has 3 aliphatic rings. The quantitative estimate of drug-likeness (QED) is 0.243. The minimum Gasteiger partial charge on any atom is -0.507 e. The molecule has 3 aliphatic carbocycles. The molecule has 5 rings (SSSR count). The maximum Gasteiger partial charge on any atom is 0.235 e. The van der Waals surface area contributed by atoms with Gasteiger partial charge in [0.1, 0.15) is 5.75 Å². The Morgan fingerprint density at radius 3 is 2.42 bits per heavy atom. The summed E-state index contributed by atoms with van der Waals surface area (Å²) in [4.78, 5) is 69.5. The SMILES string of the molecule is CCc1ccc(CNCCN(C)C)cc1-c1ccc(O)c2c1C[C@H]1C[C@H]3[C@H](C(C)C)C(=O)C(C(N)=O)C(=O)[C@@]3(O)C(=O)C1C2=O. The van der Waals surface area contributed by atoms with E-state index in [1.807, 2.05) is 21.0 Å². The third-order valence-electron chi connectivity index (χ3n) is 10.1. The highest BCUT2D eigenvalue weighted by atomic mass is 16.3. The first-order valence-electron chi connectivity index (χ1n) is 15.7. The van der Waals surface area contributed by atoms with E-state index in [4.69, 9.17) is 5.73 Å². The average Bonchev–Trinajstić information content (AvgIpc) is 2.97. The summed E-state index contributed by atoms with van der Waals surface area (Å²) in [6.07, 6.45) is 1.01. The lowest BCUT2D eigenvalue weighted by atomic mass is 9.49. The van der Waals surface area contributed by atoms with Crippen LogP contribution in [-0.4, -0.2) is 76.9 Å². The normalized spacial score (nSPS) is 27.9. The molecule has 0 aromatic heterocycles. The Morgan fingerprint density at radius 1 is 1.09 bits per heavy atom. The molecule has 2 aromatic rings. The van der Waals surface area contributed by atoms with Crippen LogP contribution >= 0.6 is 0 Å². The van der Waals surface area contributed by atoms with Crippen molar-refractivity contribution in [3.05, 3.63) is 52.6 Å². The number of amides is 1. The first kappa shape index (κ1) is 32.7. The summed E-state index contributed by atoms with van der Waals surface area (Å²) in [5.41, 5.74) is 7.16. The van der Waals surface area contributed by atoms with Gasteiger partial charge in [0.05, 0.1) is 11.5 Å². The fourth-order valence-electron chi connectivity index (χ4n) is 7.93. The van der Waals surface area contributed by atoms with Crippen LogP contribution in [0.25, 0.3) is 11.1 Å². The fourth-order valence-corrected chi connectivity index (χ4v) is 7.93. The second-order valence-electron chi connectivity index (χ2n) is 13.5. The van der Waals surface area contributed by atoms with Gasteiger partial charge in [-0.15, -0.1) is 0 Å². The van der Waals surface area contributed by atoms with Crippen molar-refractivity contribution in [2.75, 3.05) is 27.2 Å². The number of Topliss-reactive ketones (excluding diaryl/α,β-unsaturated/α-hetero) is 4. The topological polar surface area (TPSA) is 167 Å². The van der Waals surface area contributed by atoms with Gasteiger partial charge in [0, 0.05) is 31.5 Å². The van der Waals surface area contributed by atoms with Crippen molar-refractivity contribution in [2.24, 2.45) is 41.2 Å². The van der Waals surface area contributed by atoms with Gasteiger partial charge in [0.25, 0.3) is 0 Å². The molecule has 240 valence electrons. The molecule has 1 amide bonds. The van der Waals surface area contributed by atoms with Crippen LogP contribution in [0.5, 0.6) is 5.75 Å². The average molecular weight is 618 g/mol. The number of rotatable bonds is 9. The van der Waals surface area contributed by atoms with E-state index in [1.165, 1.54) is 6.07 Å². The molecule has 0 aliphatic heterocycles. The summed E-state index contributed by atoms with van der Waals surface area (Å²) in [6, 6.07) is 9.47. The number of hydrogen-bond donors (Lipinski definition) is 4. The van der Waals surface area contributed by atoms with Gasteiger partial charge < -0.3 is 26.2 Å². The van der Waals surface area contributed by atoms with Crippen molar-refractivity contribution >= 4 is 29.0 Å². The minimum atomic E-state index is -2.70. The van der Waals surface area contributed by atoms with Crippen LogP contribution < -0.4 is 11.1 Å². The van der Waals surface area contributed by atoms with Crippen LogP contribution in [0.1, 0.15) is 54.2 Å². The Bertz CT molecular complexity index is 1580. The lowest BCUT2D eigenvalue weighted by Crippen LogP contribution is -2.71. The predicted molar refractivity (Wildman–Crippen MR) is 167 cm³/mol. The summed E-state index contributed by atoms with van der Waals surface area (Å²) in [6.45, 7) is 7.87. The van der Waals surface area contributed by atoms with Crippen molar-refractivity contribution in [3.8, 4) is 16.9 Å². The maximum absolute atomic E-state index is 14.2. The minimum absolute atomic E-state index is 0.00640. The molecule has 2 unspecified atom stereocenters. The first-order valence-corrected chi connectivity index (χ1v) is 15.7. The second-order valence-corrected chi connectivity index (χ2v) is 13.5. The number of carbonyl (C=O) groups excluding carboxylic acids is 5. The zero-order valence-corrected chi connectivity index (χ0v) is 26.6. The Labute approximate surface area is 263 Å². The van der Waals surface area contributed by atoms with E-state index >= 15 is 0 Å². The van der Waals surface area contributed by atoms with E-state index in [0.717, 1.165) is 41.8 Å². The molecule has 2 fully saturated rings. The number of nitrogens with two attached hydrogens (primary N) is 1. The van der Waals surface area contributed by atoms with E-state index in [0.29, 0.717) is 12.1 Å². The third kappa shape index (κ3) is 5.32. The standard InChI is InChI=1S/C35H43N3O7/c1-6-19-8-7-18(16-37-11-12-38(4)5)13-22(19)21-9-10-25(39)28-23(21)14-20-15-24-26(17(2)3)30(40)29(34(36)44)33(43)35(24,45)32(42)27(20)31(28)41/h7-10,13,17,20,24,26-27,29,37,39,45H,6,11-12,14-16H2,1-5H3,(H2,36,44)/t20-,24-,26-,27?,29?,35-/m0/s1. The Kier molecular flexibility index (Phi) is 8.87.